The van der Waals surface area contributed by atoms with E-state index in [2.05, 4.69) is 20.5 Å². The smallest absolute Gasteiger partial charge is 0.250 e. The number of pyridine rings is 2. The number of aromatic hydroxyl groups is 1. The van der Waals surface area contributed by atoms with E-state index in [1.54, 1.807) is 13.1 Å². The first-order valence-corrected chi connectivity index (χ1v) is 9.15. The molecule has 0 atom stereocenters. The number of nitrogens with one attached hydrogen (secondary N) is 1. The van der Waals surface area contributed by atoms with Crippen LogP contribution in [0, 0.1) is 6.92 Å². The van der Waals surface area contributed by atoms with Gasteiger partial charge in [0.15, 0.2) is 0 Å². The number of amides is 1. The fourth-order valence-corrected chi connectivity index (χ4v) is 3.29. The minimum Gasteiger partial charge on any atom is -0.505 e. The van der Waals surface area contributed by atoms with Crippen LogP contribution in [0.4, 0.5) is 0 Å². The van der Waals surface area contributed by atoms with E-state index in [1.165, 1.54) is 24.2 Å². The Hall–Kier alpha value is -2.97. The minimum absolute atomic E-state index is 0.0734. The molecular formula is C19H18N4O3S. The zero-order valence-corrected chi connectivity index (χ0v) is 15.4. The molecule has 0 aliphatic heterocycles. The van der Waals surface area contributed by atoms with Gasteiger partial charge >= 0.3 is 0 Å². The molecule has 2 aromatic heterocycles. The standard InChI is InChI=1S/C19H18N4O3S/c1-12-19(26)15(14(10-24)8-21-12)9-22-23-17(25)11-27-16-6-2-4-13-5-3-7-20-18(13)16/h2-9,24,26H,10-11H2,1H3,(H,23,25)/b22-9+. The lowest BCUT2D eigenvalue weighted by atomic mass is 10.1. The number of thioether (sulfide) groups is 1. The second-order valence-corrected chi connectivity index (χ2v) is 6.72. The predicted molar refractivity (Wildman–Crippen MR) is 105 cm³/mol. The second-order valence-electron chi connectivity index (χ2n) is 5.70. The molecule has 0 radical (unpaired) electrons. The SMILES string of the molecule is Cc1ncc(CO)c(/C=N/NC(=O)CSc2cccc3cccnc23)c1O. The van der Waals surface area contributed by atoms with Crippen molar-refractivity contribution < 1.29 is 15.0 Å². The van der Waals surface area contributed by atoms with E-state index in [-0.39, 0.29) is 24.0 Å². The number of rotatable bonds is 6. The molecule has 3 N–H and O–H groups in total. The van der Waals surface area contributed by atoms with E-state index in [0.29, 0.717) is 16.8 Å². The molecule has 0 spiro atoms. The van der Waals surface area contributed by atoms with Gasteiger partial charge in [-0.2, -0.15) is 5.10 Å². The maximum atomic E-state index is 12.1. The van der Waals surface area contributed by atoms with Crippen molar-refractivity contribution >= 4 is 34.8 Å². The molecule has 1 aromatic carbocycles. The number of hydrazone groups is 1. The summed E-state index contributed by atoms with van der Waals surface area (Å²) in [6.45, 7) is 1.35. The Balaban J connectivity index is 1.64. The van der Waals surface area contributed by atoms with Crippen LogP contribution in [0.3, 0.4) is 0 Å². The molecule has 0 bridgehead atoms. The summed E-state index contributed by atoms with van der Waals surface area (Å²) in [4.78, 5) is 21.3. The van der Waals surface area contributed by atoms with Gasteiger partial charge in [0.1, 0.15) is 5.75 Å². The van der Waals surface area contributed by atoms with E-state index in [4.69, 9.17) is 0 Å². The maximum absolute atomic E-state index is 12.1. The number of aliphatic hydroxyl groups is 1. The maximum Gasteiger partial charge on any atom is 0.250 e. The van der Waals surface area contributed by atoms with Crippen LogP contribution >= 0.6 is 11.8 Å². The molecule has 0 aliphatic rings. The molecule has 2 heterocycles. The molecule has 138 valence electrons. The number of aliphatic hydroxyl groups excluding tert-OH is 1. The first-order valence-electron chi connectivity index (χ1n) is 8.17. The number of aryl methyl sites for hydroxylation is 1. The van der Waals surface area contributed by atoms with Crippen LogP contribution in [0.2, 0.25) is 0 Å². The van der Waals surface area contributed by atoms with E-state index in [1.807, 2.05) is 30.3 Å². The summed E-state index contributed by atoms with van der Waals surface area (Å²) in [5, 5.41) is 24.3. The molecule has 27 heavy (non-hydrogen) atoms. The number of para-hydroxylation sites is 1. The van der Waals surface area contributed by atoms with Crippen LogP contribution in [0.5, 0.6) is 5.75 Å². The fourth-order valence-electron chi connectivity index (χ4n) is 2.46. The first kappa shape index (κ1) is 18.8. The van der Waals surface area contributed by atoms with Crippen molar-refractivity contribution in [2.75, 3.05) is 5.75 Å². The quantitative estimate of drug-likeness (QED) is 0.343. The van der Waals surface area contributed by atoms with Gasteiger partial charge in [-0.15, -0.1) is 11.8 Å². The zero-order chi connectivity index (χ0) is 19.2. The van der Waals surface area contributed by atoms with Crippen molar-refractivity contribution in [3.8, 4) is 5.75 Å². The van der Waals surface area contributed by atoms with Gasteiger partial charge in [-0.05, 0) is 19.1 Å². The van der Waals surface area contributed by atoms with Gasteiger partial charge in [0.05, 0.1) is 29.8 Å². The van der Waals surface area contributed by atoms with Gasteiger partial charge in [-0.25, -0.2) is 5.43 Å². The van der Waals surface area contributed by atoms with Crippen LogP contribution in [0.15, 0.2) is 52.7 Å². The number of hydrogen-bond acceptors (Lipinski definition) is 7. The highest BCUT2D eigenvalue weighted by atomic mass is 32.2. The Morgan fingerprint density at radius 1 is 1.30 bits per heavy atom. The summed E-state index contributed by atoms with van der Waals surface area (Å²) in [7, 11) is 0. The summed E-state index contributed by atoms with van der Waals surface area (Å²) in [5.74, 6) is -0.197. The highest BCUT2D eigenvalue weighted by Crippen LogP contribution is 2.26. The Labute approximate surface area is 160 Å². The van der Waals surface area contributed by atoms with Crippen LogP contribution in [-0.2, 0) is 11.4 Å². The number of nitrogens with zero attached hydrogens (tertiary/aromatic N) is 3. The molecule has 0 aliphatic carbocycles. The van der Waals surface area contributed by atoms with Gasteiger partial charge < -0.3 is 10.2 Å². The second kappa shape index (κ2) is 8.61. The van der Waals surface area contributed by atoms with Crippen LogP contribution in [-0.4, -0.2) is 38.1 Å². The Morgan fingerprint density at radius 2 is 2.11 bits per heavy atom. The third-order valence-electron chi connectivity index (χ3n) is 3.87. The molecule has 7 nitrogen and oxygen atoms in total. The lowest BCUT2D eigenvalue weighted by Crippen LogP contribution is -2.19. The lowest BCUT2D eigenvalue weighted by molar-refractivity contribution is -0.118. The summed E-state index contributed by atoms with van der Waals surface area (Å²) >= 11 is 1.37. The van der Waals surface area contributed by atoms with Crippen molar-refractivity contribution in [3.05, 3.63) is 59.5 Å². The van der Waals surface area contributed by atoms with E-state index in [9.17, 15) is 15.0 Å². The number of benzene rings is 1. The normalized spacial score (nSPS) is 11.2. The van der Waals surface area contributed by atoms with Crippen LogP contribution in [0.1, 0.15) is 16.8 Å². The Kier molecular flexibility index (Phi) is 6.00. The molecule has 3 rings (SSSR count). The van der Waals surface area contributed by atoms with E-state index < -0.39 is 0 Å². The number of aromatic nitrogens is 2. The average Bonchev–Trinajstić information content (AvgIpc) is 2.69. The van der Waals surface area contributed by atoms with Crippen molar-refractivity contribution in [1.82, 2.24) is 15.4 Å². The van der Waals surface area contributed by atoms with Gasteiger partial charge in [-0.3, -0.25) is 14.8 Å². The van der Waals surface area contributed by atoms with Crippen LogP contribution in [0.25, 0.3) is 10.9 Å². The number of fused-ring (bicyclic) bond motifs is 1. The minimum atomic E-state index is -0.292. The molecule has 1 amide bonds. The molecule has 0 fully saturated rings. The topological polar surface area (TPSA) is 108 Å². The third-order valence-corrected chi connectivity index (χ3v) is 4.91. The molecule has 0 unspecified atom stereocenters. The first-order chi connectivity index (χ1) is 13.1. The van der Waals surface area contributed by atoms with E-state index >= 15 is 0 Å². The van der Waals surface area contributed by atoms with E-state index in [0.717, 1.165) is 15.8 Å². The number of hydrogen-bond donors (Lipinski definition) is 3. The third kappa shape index (κ3) is 4.42. The summed E-state index contributed by atoms with van der Waals surface area (Å²) < 4.78 is 0. The lowest BCUT2D eigenvalue weighted by Gasteiger charge is -2.07. The van der Waals surface area contributed by atoms with Gasteiger partial charge in [0, 0.05) is 33.8 Å². The van der Waals surface area contributed by atoms with Gasteiger partial charge in [0.25, 0.3) is 0 Å². The van der Waals surface area contributed by atoms with Crippen molar-refractivity contribution in [2.45, 2.75) is 18.4 Å². The average molecular weight is 382 g/mol. The van der Waals surface area contributed by atoms with Gasteiger partial charge in [-0.1, -0.05) is 18.2 Å². The highest BCUT2D eigenvalue weighted by Gasteiger charge is 2.10. The highest BCUT2D eigenvalue weighted by molar-refractivity contribution is 8.00. The number of carbonyl (C=O) groups is 1. The van der Waals surface area contributed by atoms with Crippen LogP contribution < -0.4 is 5.43 Å². The summed E-state index contributed by atoms with van der Waals surface area (Å²) in [6, 6.07) is 9.65. The largest absolute Gasteiger partial charge is 0.505 e. The Morgan fingerprint density at radius 3 is 2.93 bits per heavy atom. The summed E-state index contributed by atoms with van der Waals surface area (Å²) in [6.07, 6.45) is 4.48. The molecule has 3 aromatic rings. The van der Waals surface area contributed by atoms with Crippen molar-refractivity contribution in [2.24, 2.45) is 5.10 Å². The number of carbonyl (C=O) groups excluding carboxylic acids is 1. The molecule has 0 saturated carbocycles. The van der Waals surface area contributed by atoms with Gasteiger partial charge in [0.2, 0.25) is 5.91 Å². The predicted octanol–water partition coefficient (Wildman–Crippen LogP) is 2.38. The Bertz CT molecular complexity index is 1000. The molecule has 0 saturated heterocycles. The monoisotopic (exact) mass is 382 g/mol. The van der Waals surface area contributed by atoms with Crippen molar-refractivity contribution in [3.63, 3.8) is 0 Å². The zero-order valence-electron chi connectivity index (χ0n) is 14.6. The molecule has 8 heteroatoms. The molecular weight excluding hydrogens is 364 g/mol. The van der Waals surface area contributed by atoms with Crippen molar-refractivity contribution in [1.29, 1.82) is 0 Å². The fraction of sp³-hybridized carbons (Fsp3) is 0.158. The summed E-state index contributed by atoms with van der Waals surface area (Å²) in [5.41, 5.74) is 4.45.